The molecule has 0 aromatic carbocycles. The number of carbonyl (C=O) groups excluding carboxylic acids is 1. The largest absolute Gasteiger partial charge is 0.394 e. The van der Waals surface area contributed by atoms with Crippen molar-refractivity contribution < 1.29 is 89.4 Å². The Labute approximate surface area is 591 Å². The fraction of sp³-hybridized carbons (Fsp3) is 0.835. The van der Waals surface area contributed by atoms with Crippen molar-refractivity contribution in [3.63, 3.8) is 0 Å². The summed E-state index contributed by atoms with van der Waals surface area (Å²) in [6, 6.07) is -0.993. The number of hydrogen-bond acceptors (Lipinski definition) is 18. The highest BCUT2D eigenvalue weighted by atomic mass is 16.8. The number of hydrogen-bond donors (Lipinski definition) is 12. The summed E-state index contributed by atoms with van der Waals surface area (Å²) in [4.78, 5) is 13.5. The van der Waals surface area contributed by atoms with Gasteiger partial charge in [-0.3, -0.25) is 4.79 Å². The molecule has 3 aliphatic rings. The first-order chi connectivity index (χ1) is 47.8. The second-order valence-electron chi connectivity index (χ2n) is 27.8. The molecule has 0 aromatic rings. The van der Waals surface area contributed by atoms with Crippen LogP contribution in [0.5, 0.6) is 0 Å². The third-order valence-corrected chi connectivity index (χ3v) is 19.2. The van der Waals surface area contributed by atoms with Crippen LogP contribution in [0, 0.1) is 0 Å². The lowest BCUT2D eigenvalue weighted by atomic mass is 9.96. The summed E-state index contributed by atoms with van der Waals surface area (Å²) in [7, 11) is 0. The molecule has 17 atom stereocenters. The molecule has 0 bridgehead atoms. The van der Waals surface area contributed by atoms with Crippen molar-refractivity contribution in [2.45, 2.75) is 394 Å². The van der Waals surface area contributed by atoms with E-state index in [2.05, 4.69) is 79.9 Å². The Bertz CT molecular complexity index is 2050. The van der Waals surface area contributed by atoms with Crippen LogP contribution in [-0.4, -0.2) is 193 Å². The van der Waals surface area contributed by atoms with E-state index in [0.717, 1.165) is 64.2 Å². The van der Waals surface area contributed by atoms with Crippen LogP contribution in [0.2, 0.25) is 0 Å². The number of rotatable bonds is 61. The van der Waals surface area contributed by atoms with E-state index in [1.165, 1.54) is 193 Å². The number of unbranched alkanes of at least 4 members (excludes halogenated alkanes) is 35. The smallest absolute Gasteiger partial charge is 0.220 e. The second kappa shape index (κ2) is 59.6. The molecule has 12 N–H and O–H groups in total. The van der Waals surface area contributed by atoms with Gasteiger partial charge in [-0.05, 0) is 70.6 Å². The lowest BCUT2D eigenvalue weighted by Gasteiger charge is -2.48. The predicted molar refractivity (Wildman–Crippen MR) is 388 cm³/mol. The minimum absolute atomic E-state index is 0.235. The number of aliphatic hydroxyl groups excluding tert-OH is 11. The minimum atomic E-state index is -1.98. The SMILES string of the molecule is CC/C=C\C/C=C\C/C=C\C/C=C\CCCCCCCCCCCCCCCCCCCCC(=O)NC(COC1OC(CO)C(OC2OC(CO)C(OC3OC(CO)C(O)C(O)C3O)C(O)C2O)C(O)C1O)C(O)/C=C/CC/C=C/CCCCCCCCCCCCCCCCCC. The summed E-state index contributed by atoms with van der Waals surface area (Å²) in [5.41, 5.74) is 0. The van der Waals surface area contributed by atoms with E-state index in [-0.39, 0.29) is 18.9 Å². The van der Waals surface area contributed by atoms with Gasteiger partial charge in [-0.2, -0.15) is 0 Å². The normalized spacial score (nSPS) is 27.1. The van der Waals surface area contributed by atoms with Crippen molar-refractivity contribution in [1.29, 1.82) is 0 Å². The first kappa shape index (κ1) is 89.4. The highest BCUT2D eigenvalue weighted by Gasteiger charge is 2.53. The van der Waals surface area contributed by atoms with E-state index < -0.39 is 124 Å². The maximum absolute atomic E-state index is 13.5. The Balaban J connectivity index is 1.38. The Hall–Kier alpha value is -2.77. The van der Waals surface area contributed by atoms with Crippen LogP contribution in [0.15, 0.2) is 72.9 Å². The quantitative estimate of drug-likeness (QED) is 0.0199. The lowest BCUT2D eigenvalue weighted by molar-refractivity contribution is -0.379. The maximum atomic E-state index is 13.5. The van der Waals surface area contributed by atoms with Gasteiger partial charge in [0.25, 0.3) is 0 Å². The molecule has 3 heterocycles. The predicted octanol–water partition coefficient (Wildman–Crippen LogP) is 12.4. The van der Waals surface area contributed by atoms with Crippen molar-refractivity contribution in [2.24, 2.45) is 0 Å². The van der Waals surface area contributed by atoms with Gasteiger partial charge >= 0.3 is 0 Å². The molecule has 19 nitrogen and oxygen atoms in total. The average Bonchev–Trinajstić information content (AvgIpc) is 0.785. The summed E-state index contributed by atoms with van der Waals surface area (Å²) in [5.74, 6) is -0.283. The summed E-state index contributed by atoms with van der Waals surface area (Å²) in [5, 5.41) is 121. The Morgan fingerprint density at radius 1 is 0.378 bits per heavy atom. The van der Waals surface area contributed by atoms with Gasteiger partial charge in [0.05, 0.1) is 38.6 Å². The van der Waals surface area contributed by atoms with Gasteiger partial charge in [0, 0.05) is 6.42 Å². The number of carbonyl (C=O) groups is 1. The molecule has 0 radical (unpaired) electrons. The molecule has 0 saturated carbocycles. The zero-order valence-electron chi connectivity index (χ0n) is 60.8. The number of ether oxygens (including phenoxy) is 6. The molecule has 3 rings (SSSR count). The maximum Gasteiger partial charge on any atom is 0.220 e. The van der Waals surface area contributed by atoms with Gasteiger partial charge in [-0.1, -0.05) is 286 Å². The van der Waals surface area contributed by atoms with E-state index in [4.69, 9.17) is 28.4 Å². The topological polar surface area (TPSA) is 307 Å². The molecule has 19 heteroatoms. The van der Waals surface area contributed by atoms with Crippen LogP contribution in [-0.2, 0) is 33.2 Å². The van der Waals surface area contributed by atoms with Gasteiger partial charge in [-0.15, -0.1) is 0 Å². The summed E-state index contributed by atoms with van der Waals surface area (Å²) in [6.45, 7) is 1.63. The van der Waals surface area contributed by atoms with E-state index in [9.17, 15) is 61.0 Å². The highest BCUT2D eigenvalue weighted by molar-refractivity contribution is 5.76. The molecule has 0 aliphatic carbocycles. The van der Waals surface area contributed by atoms with Gasteiger partial charge < -0.3 is 89.9 Å². The number of amides is 1. The van der Waals surface area contributed by atoms with Crippen molar-refractivity contribution >= 4 is 5.91 Å². The van der Waals surface area contributed by atoms with Gasteiger partial charge in [0.2, 0.25) is 5.91 Å². The molecule has 3 fully saturated rings. The van der Waals surface area contributed by atoms with Crippen molar-refractivity contribution in [1.82, 2.24) is 5.32 Å². The molecular weight excluding hydrogens is 1250 g/mol. The van der Waals surface area contributed by atoms with Crippen molar-refractivity contribution in [3.8, 4) is 0 Å². The molecular formula is C79H141NO18. The van der Waals surface area contributed by atoms with Crippen LogP contribution in [0.25, 0.3) is 0 Å². The van der Waals surface area contributed by atoms with E-state index in [0.29, 0.717) is 12.8 Å². The highest BCUT2D eigenvalue weighted by Crippen LogP contribution is 2.33. The number of allylic oxidation sites excluding steroid dienone is 11. The molecule has 98 heavy (non-hydrogen) atoms. The Kier molecular flexibility index (Phi) is 54.4. The molecule has 1 amide bonds. The zero-order valence-corrected chi connectivity index (χ0v) is 60.8. The zero-order chi connectivity index (χ0) is 71.1. The van der Waals surface area contributed by atoms with Crippen LogP contribution in [0.3, 0.4) is 0 Å². The first-order valence-electron chi connectivity index (χ1n) is 39.2. The summed E-state index contributed by atoms with van der Waals surface area (Å²) < 4.78 is 34.4. The van der Waals surface area contributed by atoms with Gasteiger partial charge in [0.1, 0.15) is 73.2 Å². The molecule has 17 unspecified atom stereocenters. The monoisotopic (exact) mass is 1390 g/mol. The summed E-state index contributed by atoms with van der Waals surface area (Å²) >= 11 is 0. The third kappa shape index (κ3) is 39.8. The third-order valence-electron chi connectivity index (χ3n) is 19.2. The van der Waals surface area contributed by atoms with Gasteiger partial charge in [0.15, 0.2) is 18.9 Å². The first-order valence-corrected chi connectivity index (χ1v) is 39.2. The van der Waals surface area contributed by atoms with Crippen molar-refractivity contribution in [3.05, 3.63) is 72.9 Å². The van der Waals surface area contributed by atoms with Crippen LogP contribution >= 0.6 is 0 Å². The fourth-order valence-electron chi connectivity index (χ4n) is 13.0. The Morgan fingerprint density at radius 3 is 1.14 bits per heavy atom. The minimum Gasteiger partial charge on any atom is -0.394 e. The van der Waals surface area contributed by atoms with Crippen LogP contribution in [0.1, 0.15) is 290 Å². The number of aliphatic hydroxyl groups is 11. The molecule has 0 aromatic heterocycles. The van der Waals surface area contributed by atoms with Gasteiger partial charge in [-0.25, -0.2) is 0 Å². The second-order valence-corrected chi connectivity index (χ2v) is 27.8. The molecule has 570 valence electrons. The molecule has 3 saturated heterocycles. The van der Waals surface area contributed by atoms with Crippen molar-refractivity contribution in [2.75, 3.05) is 26.4 Å². The van der Waals surface area contributed by atoms with Crippen LogP contribution in [0.4, 0.5) is 0 Å². The van der Waals surface area contributed by atoms with E-state index in [1.54, 1.807) is 6.08 Å². The Morgan fingerprint density at radius 2 is 0.714 bits per heavy atom. The average molecular weight is 1390 g/mol. The fourth-order valence-corrected chi connectivity index (χ4v) is 13.0. The summed E-state index contributed by atoms with van der Waals surface area (Å²) in [6.07, 6.45) is 50.3. The van der Waals surface area contributed by atoms with Crippen LogP contribution < -0.4 is 5.32 Å². The lowest BCUT2D eigenvalue weighted by Crippen LogP contribution is -2.66. The number of nitrogens with one attached hydrogen (secondary N) is 1. The standard InChI is InChI=1S/C79H141NO18/c1-3-5-7-9-11-13-15-17-19-21-23-25-27-28-29-30-31-32-33-34-35-37-39-41-43-45-47-49-51-53-55-57-67(85)80-62(63(84)56-54-52-50-48-46-44-42-40-38-36-26-24-22-20-18-16-14-12-10-8-6-4-2)61-93-77-73(91)70(88)75(65(59-82)95-77)98-79-74(92)71(89)76(66(60-83)96-79)97-78-72(90)69(87)68(86)64(58-81)94-78/h5,7,11,13,17,19,23,25,46,48,54,56,62-66,68-79,81-84,86-92H,3-4,6,8-10,12,14-16,18,20-22,24,26-45,47,49-53,55,57-61H2,1-2H3,(H,80,85)/b7-5-,13-11-,19-17-,25-23-,48-46+,56-54+. The molecule has 3 aliphatic heterocycles. The van der Waals surface area contributed by atoms with E-state index >= 15 is 0 Å². The van der Waals surface area contributed by atoms with E-state index in [1.807, 2.05) is 6.08 Å². The molecule has 0 spiro atoms.